The third-order valence-corrected chi connectivity index (χ3v) is 4.08. The molecule has 0 amide bonds. The van der Waals surface area contributed by atoms with Gasteiger partial charge >= 0.3 is 5.97 Å². The Kier molecular flexibility index (Phi) is 2.86. The molecule has 2 saturated heterocycles. The SMILES string of the molecule is C[C@@H]1C[C@H](N2C[C@@H](C)[C@@H]2c2ccccc2)C(=O)O1. The van der Waals surface area contributed by atoms with Gasteiger partial charge in [0, 0.05) is 19.0 Å². The number of carbonyl (C=O) groups excluding carboxylic acids is 1. The Morgan fingerprint density at radius 3 is 2.50 bits per heavy atom. The lowest BCUT2D eigenvalue weighted by Gasteiger charge is -2.49. The van der Waals surface area contributed by atoms with Gasteiger partial charge < -0.3 is 4.74 Å². The minimum atomic E-state index is -0.0460. The van der Waals surface area contributed by atoms with Gasteiger partial charge in [-0.05, 0) is 18.4 Å². The second-order valence-electron chi connectivity index (χ2n) is 5.53. The van der Waals surface area contributed by atoms with Gasteiger partial charge in [0.2, 0.25) is 0 Å². The predicted octanol–water partition coefficient (Wildman–Crippen LogP) is 2.38. The Labute approximate surface area is 108 Å². The lowest BCUT2D eigenvalue weighted by Crippen LogP contribution is -2.54. The molecule has 0 N–H and O–H groups in total. The Hall–Kier alpha value is -1.35. The summed E-state index contributed by atoms with van der Waals surface area (Å²) in [6.45, 7) is 5.21. The zero-order valence-electron chi connectivity index (χ0n) is 10.9. The molecule has 18 heavy (non-hydrogen) atoms. The van der Waals surface area contributed by atoms with Crippen LogP contribution < -0.4 is 0 Å². The molecule has 2 heterocycles. The van der Waals surface area contributed by atoms with E-state index in [2.05, 4.69) is 36.1 Å². The zero-order chi connectivity index (χ0) is 12.7. The maximum Gasteiger partial charge on any atom is 0.323 e. The minimum absolute atomic E-state index is 0.0404. The summed E-state index contributed by atoms with van der Waals surface area (Å²) in [7, 11) is 0. The second kappa shape index (κ2) is 4.39. The van der Waals surface area contributed by atoms with Gasteiger partial charge in [-0.1, -0.05) is 37.3 Å². The predicted molar refractivity (Wildman–Crippen MR) is 69.0 cm³/mol. The average molecular weight is 245 g/mol. The molecule has 2 aliphatic rings. The van der Waals surface area contributed by atoms with Gasteiger partial charge in [0.1, 0.15) is 12.1 Å². The van der Waals surface area contributed by atoms with Crippen LogP contribution >= 0.6 is 0 Å². The maximum atomic E-state index is 11.8. The number of rotatable bonds is 2. The van der Waals surface area contributed by atoms with Crippen LogP contribution in [0.4, 0.5) is 0 Å². The van der Waals surface area contributed by atoms with E-state index >= 15 is 0 Å². The van der Waals surface area contributed by atoms with E-state index in [0.29, 0.717) is 12.0 Å². The van der Waals surface area contributed by atoms with Gasteiger partial charge in [-0.3, -0.25) is 9.69 Å². The summed E-state index contributed by atoms with van der Waals surface area (Å²) < 4.78 is 5.27. The number of nitrogens with zero attached hydrogens (tertiary/aromatic N) is 1. The number of hydrogen-bond acceptors (Lipinski definition) is 3. The number of ether oxygens (including phenoxy) is 1. The van der Waals surface area contributed by atoms with Crippen LogP contribution in [0.15, 0.2) is 30.3 Å². The highest BCUT2D eigenvalue weighted by molar-refractivity contribution is 5.78. The molecule has 0 radical (unpaired) electrons. The molecular weight excluding hydrogens is 226 g/mol. The number of carbonyl (C=O) groups is 1. The molecule has 0 unspecified atom stereocenters. The summed E-state index contributed by atoms with van der Waals surface area (Å²) in [4.78, 5) is 14.1. The third kappa shape index (κ3) is 1.83. The molecule has 2 aliphatic heterocycles. The third-order valence-electron chi connectivity index (χ3n) is 4.08. The van der Waals surface area contributed by atoms with E-state index < -0.39 is 0 Å². The van der Waals surface area contributed by atoms with Crippen molar-refractivity contribution in [1.29, 1.82) is 0 Å². The van der Waals surface area contributed by atoms with E-state index in [4.69, 9.17) is 4.74 Å². The fourth-order valence-corrected chi connectivity index (χ4v) is 3.23. The first-order chi connectivity index (χ1) is 8.66. The first-order valence-electron chi connectivity index (χ1n) is 6.68. The largest absolute Gasteiger partial charge is 0.461 e. The van der Waals surface area contributed by atoms with Crippen LogP contribution in [0.2, 0.25) is 0 Å². The number of hydrogen-bond donors (Lipinski definition) is 0. The van der Waals surface area contributed by atoms with Crippen LogP contribution in [0.25, 0.3) is 0 Å². The molecule has 1 aromatic rings. The normalized spacial score (nSPS) is 36.2. The van der Waals surface area contributed by atoms with Crippen molar-refractivity contribution in [2.75, 3.05) is 6.54 Å². The van der Waals surface area contributed by atoms with Crippen LogP contribution in [-0.2, 0) is 9.53 Å². The van der Waals surface area contributed by atoms with E-state index in [9.17, 15) is 4.79 Å². The number of cyclic esters (lactones) is 1. The van der Waals surface area contributed by atoms with Crippen molar-refractivity contribution in [2.45, 2.75) is 38.5 Å². The maximum absolute atomic E-state index is 11.8. The van der Waals surface area contributed by atoms with Crippen LogP contribution in [0.5, 0.6) is 0 Å². The summed E-state index contributed by atoms with van der Waals surface area (Å²) >= 11 is 0. The Bertz CT molecular complexity index is 445. The molecular formula is C15H19NO2. The van der Waals surface area contributed by atoms with Crippen molar-refractivity contribution in [3.63, 3.8) is 0 Å². The molecule has 0 bridgehead atoms. The van der Waals surface area contributed by atoms with Crippen LogP contribution in [-0.4, -0.2) is 29.6 Å². The summed E-state index contributed by atoms with van der Waals surface area (Å²) in [6.07, 6.45) is 0.893. The zero-order valence-corrected chi connectivity index (χ0v) is 10.9. The topological polar surface area (TPSA) is 29.5 Å². The Morgan fingerprint density at radius 1 is 1.22 bits per heavy atom. The standard InChI is InChI=1S/C15H19NO2/c1-10-9-16(13-8-11(2)18-15(13)17)14(10)12-6-4-3-5-7-12/h3-7,10-11,13-14H,8-9H2,1-2H3/t10-,11-,13+,14-/m1/s1. The summed E-state index contributed by atoms with van der Waals surface area (Å²) in [5.74, 6) is 0.562. The average Bonchev–Trinajstić information content (AvgIpc) is 2.66. The smallest absolute Gasteiger partial charge is 0.323 e. The first kappa shape index (κ1) is 11.7. The molecule has 3 nitrogen and oxygen atoms in total. The molecule has 1 aromatic carbocycles. The van der Waals surface area contributed by atoms with Crippen molar-refractivity contribution in [2.24, 2.45) is 5.92 Å². The summed E-state index contributed by atoms with van der Waals surface area (Å²) in [6, 6.07) is 10.8. The fourth-order valence-electron chi connectivity index (χ4n) is 3.23. The molecule has 3 heteroatoms. The van der Waals surface area contributed by atoms with Gasteiger partial charge in [0.15, 0.2) is 0 Å². The quantitative estimate of drug-likeness (QED) is 0.749. The fraction of sp³-hybridized carbons (Fsp3) is 0.533. The summed E-state index contributed by atoms with van der Waals surface area (Å²) in [5, 5.41) is 0. The molecule has 4 atom stereocenters. The highest BCUT2D eigenvalue weighted by atomic mass is 16.6. The second-order valence-corrected chi connectivity index (χ2v) is 5.53. The van der Waals surface area contributed by atoms with Crippen molar-refractivity contribution in [3.05, 3.63) is 35.9 Å². The van der Waals surface area contributed by atoms with E-state index in [1.54, 1.807) is 0 Å². The molecule has 2 fully saturated rings. The van der Waals surface area contributed by atoms with E-state index in [0.717, 1.165) is 13.0 Å². The highest BCUT2D eigenvalue weighted by Gasteiger charge is 2.47. The van der Waals surface area contributed by atoms with Crippen molar-refractivity contribution in [3.8, 4) is 0 Å². The first-order valence-corrected chi connectivity index (χ1v) is 6.68. The van der Waals surface area contributed by atoms with Crippen LogP contribution in [0, 0.1) is 5.92 Å². The van der Waals surface area contributed by atoms with E-state index in [1.165, 1.54) is 5.56 Å². The van der Waals surface area contributed by atoms with Crippen molar-refractivity contribution >= 4 is 5.97 Å². The highest BCUT2D eigenvalue weighted by Crippen LogP contribution is 2.42. The number of benzene rings is 1. The number of likely N-dealkylation sites (tertiary alicyclic amines) is 1. The molecule has 0 aromatic heterocycles. The van der Waals surface area contributed by atoms with Gasteiger partial charge in [-0.2, -0.15) is 0 Å². The van der Waals surface area contributed by atoms with Crippen molar-refractivity contribution < 1.29 is 9.53 Å². The molecule has 3 rings (SSSR count). The molecule has 96 valence electrons. The lowest BCUT2D eigenvalue weighted by molar-refractivity contribution is -0.148. The van der Waals surface area contributed by atoms with Crippen LogP contribution in [0.3, 0.4) is 0 Å². The molecule has 0 saturated carbocycles. The summed E-state index contributed by atoms with van der Waals surface area (Å²) in [5.41, 5.74) is 1.31. The Morgan fingerprint density at radius 2 is 1.94 bits per heavy atom. The van der Waals surface area contributed by atoms with Gasteiger partial charge in [-0.15, -0.1) is 0 Å². The van der Waals surface area contributed by atoms with E-state index in [-0.39, 0.29) is 18.1 Å². The molecule has 0 spiro atoms. The van der Waals surface area contributed by atoms with Gasteiger partial charge in [0.25, 0.3) is 0 Å². The Balaban J connectivity index is 1.80. The minimum Gasteiger partial charge on any atom is -0.461 e. The molecule has 0 aliphatic carbocycles. The van der Waals surface area contributed by atoms with Crippen LogP contribution in [0.1, 0.15) is 31.9 Å². The van der Waals surface area contributed by atoms with Crippen molar-refractivity contribution in [1.82, 2.24) is 4.90 Å². The number of esters is 1. The lowest BCUT2D eigenvalue weighted by atomic mass is 9.83. The monoisotopic (exact) mass is 245 g/mol. The van der Waals surface area contributed by atoms with Gasteiger partial charge in [-0.25, -0.2) is 0 Å². The van der Waals surface area contributed by atoms with Gasteiger partial charge in [0.05, 0.1) is 0 Å². The van der Waals surface area contributed by atoms with E-state index in [1.807, 2.05) is 13.0 Å².